The molecule has 5 rings (SSSR count). The van der Waals surface area contributed by atoms with Gasteiger partial charge in [-0.3, -0.25) is 9.97 Å². The number of anilines is 1. The maximum atomic E-state index is 4.85. The largest absolute Gasteiger partial charge is 0.370 e. The Kier molecular flexibility index (Phi) is 5.15. The number of hydrogen-bond donors (Lipinski definition) is 2. The van der Waals surface area contributed by atoms with Crippen LogP contribution in [-0.2, 0) is 6.42 Å². The van der Waals surface area contributed by atoms with Crippen LogP contribution in [-0.4, -0.2) is 26.5 Å². The van der Waals surface area contributed by atoms with E-state index in [4.69, 9.17) is 4.98 Å². The van der Waals surface area contributed by atoms with E-state index in [1.807, 2.05) is 37.4 Å². The summed E-state index contributed by atoms with van der Waals surface area (Å²) < 4.78 is 0. The van der Waals surface area contributed by atoms with Crippen molar-refractivity contribution in [3.63, 3.8) is 0 Å². The second-order valence-corrected chi connectivity index (χ2v) is 7.57. The van der Waals surface area contributed by atoms with E-state index in [0.29, 0.717) is 0 Å². The lowest BCUT2D eigenvalue weighted by molar-refractivity contribution is 1.01. The molecule has 4 heterocycles. The van der Waals surface area contributed by atoms with E-state index >= 15 is 0 Å². The van der Waals surface area contributed by atoms with E-state index in [-0.39, 0.29) is 0 Å². The summed E-state index contributed by atoms with van der Waals surface area (Å²) in [6.07, 6.45) is 6.65. The van der Waals surface area contributed by atoms with Crippen LogP contribution in [0.1, 0.15) is 11.3 Å². The van der Waals surface area contributed by atoms with Crippen LogP contribution in [0, 0.1) is 6.92 Å². The predicted octanol–water partition coefficient (Wildman–Crippen LogP) is 5.65. The molecule has 152 valence electrons. The Hall–Kier alpha value is -3.99. The van der Waals surface area contributed by atoms with Gasteiger partial charge in [0.25, 0.3) is 0 Å². The number of H-pyrrole nitrogens is 1. The van der Waals surface area contributed by atoms with Crippen LogP contribution in [0.3, 0.4) is 0 Å². The van der Waals surface area contributed by atoms with Crippen molar-refractivity contribution < 1.29 is 0 Å². The molecule has 0 fully saturated rings. The average molecular weight is 406 g/mol. The zero-order valence-corrected chi connectivity index (χ0v) is 17.3. The normalized spacial score (nSPS) is 11.0. The zero-order chi connectivity index (χ0) is 21.0. The fraction of sp³-hybridized carbons (Fsp3) is 0.115. The molecule has 0 saturated heterocycles. The first-order valence-electron chi connectivity index (χ1n) is 10.4. The Bertz CT molecular complexity index is 1320. The van der Waals surface area contributed by atoms with Crippen LogP contribution in [0.5, 0.6) is 0 Å². The highest BCUT2D eigenvalue weighted by atomic mass is 15.0. The standard InChI is InChI=1S/C26H23N5/c1-18-6-4-10-24(30-18)25-14-21(19-7-5-12-27-16-19)15-26(31-25)28-13-11-20-17-29-23-9-3-2-8-22(20)23/h2-10,12,14-17,29H,11,13H2,1H3,(H,28,31). The van der Waals surface area contributed by atoms with Gasteiger partial charge >= 0.3 is 0 Å². The quantitative estimate of drug-likeness (QED) is 0.383. The molecule has 0 saturated carbocycles. The van der Waals surface area contributed by atoms with Crippen LogP contribution in [0.4, 0.5) is 5.82 Å². The summed E-state index contributed by atoms with van der Waals surface area (Å²) in [7, 11) is 0. The number of aromatic nitrogens is 4. The van der Waals surface area contributed by atoms with E-state index in [1.54, 1.807) is 6.20 Å². The second-order valence-electron chi connectivity index (χ2n) is 7.57. The Morgan fingerprint density at radius 1 is 0.871 bits per heavy atom. The van der Waals surface area contributed by atoms with Crippen molar-refractivity contribution in [3.05, 3.63) is 96.6 Å². The zero-order valence-electron chi connectivity index (χ0n) is 17.3. The molecule has 0 bridgehead atoms. The minimum atomic E-state index is 0.784. The van der Waals surface area contributed by atoms with Gasteiger partial charge in [-0.1, -0.05) is 30.3 Å². The van der Waals surface area contributed by atoms with Crippen molar-refractivity contribution in [2.24, 2.45) is 0 Å². The van der Waals surface area contributed by atoms with Gasteiger partial charge < -0.3 is 10.3 Å². The molecule has 0 unspecified atom stereocenters. The van der Waals surface area contributed by atoms with Crippen molar-refractivity contribution >= 4 is 16.7 Å². The lowest BCUT2D eigenvalue weighted by Crippen LogP contribution is -2.07. The number of pyridine rings is 3. The number of nitrogens with one attached hydrogen (secondary N) is 2. The van der Waals surface area contributed by atoms with E-state index in [1.165, 1.54) is 16.5 Å². The van der Waals surface area contributed by atoms with Crippen LogP contribution < -0.4 is 5.32 Å². The molecule has 2 N–H and O–H groups in total. The SMILES string of the molecule is Cc1cccc(-c2cc(-c3cccnc3)cc(NCCc3c[nH]c4ccccc34)n2)n1. The fourth-order valence-corrected chi connectivity index (χ4v) is 3.80. The summed E-state index contributed by atoms with van der Waals surface area (Å²) in [5, 5.41) is 4.78. The average Bonchev–Trinajstić information content (AvgIpc) is 3.23. The monoisotopic (exact) mass is 405 g/mol. The maximum absolute atomic E-state index is 4.85. The van der Waals surface area contributed by atoms with Crippen molar-refractivity contribution in [1.82, 2.24) is 19.9 Å². The summed E-state index contributed by atoms with van der Waals surface area (Å²) in [6, 6.07) is 22.6. The molecule has 0 aliphatic carbocycles. The number of benzene rings is 1. The number of nitrogens with zero attached hydrogens (tertiary/aromatic N) is 3. The Morgan fingerprint density at radius 3 is 2.68 bits per heavy atom. The van der Waals surface area contributed by atoms with Crippen molar-refractivity contribution in [2.45, 2.75) is 13.3 Å². The van der Waals surface area contributed by atoms with Gasteiger partial charge in [0.2, 0.25) is 0 Å². The van der Waals surface area contributed by atoms with Crippen LogP contribution in [0.15, 0.2) is 85.3 Å². The first kappa shape index (κ1) is 19.0. The van der Waals surface area contributed by atoms with Gasteiger partial charge in [-0.15, -0.1) is 0 Å². The summed E-state index contributed by atoms with van der Waals surface area (Å²) in [4.78, 5) is 17.1. The molecule has 5 aromatic rings. The molecule has 0 aliphatic rings. The highest BCUT2D eigenvalue weighted by molar-refractivity contribution is 5.83. The molecule has 5 nitrogen and oxygen atoms in total. The van der Waals surface area contributed by atoms with Gasteiger partial charge in [0.1, 0.15) is 5.82 Å². The molecule has 5 heteroatoms. The lowest BCUT2D eigenvalue weighted by atomic mass is 10.1. The van der Waals surface area contributed by atoms with Gasteiger partial charge in [-0.05, 0) is 60.9 Å². The summed E-state index contributed by atoms with van der Waals surface area (Å²) in [5.41, 5.74) is 7.27. The molecule has 0 spiro atoms. The molecule has 0 aliphatic heterocycles. The molecule has 0 atom stereocenters. The molecule has 0 radical (unpaired) electrons. The van der Waals surface area contributed by atoms with Gasteiger partial charge in [0.15, 0.2) is 0 Å². The van der Waals surface area contributed by atoms with Gasteiger partial charge in [0.05, 0.1) is 11.4 Å². The molecular formula is C26H23N5. The number of aromatic amines is 1. The van der Waals surface area contributed by atoms with Crippen LogP contribution in [0.25, 0.3) is 33.4 Å². The third kappa shape index (κ3) is 4.16. The Labute approximate surface area is 181 Å². The van der Waals surface area contributed by atoms with Crippen LogP contribution >= 0.6 is 0 Å². The third-order valence-corrected chi connectivity index (χ3v) is 5.35. The van der Waals surface area contributed by atoms with Gasteiger partial charge in [-0.25, -0.2) is 4.98 Å². The maximum Gasteiger partial charge on any atom is 0.127 e. The van der Waals surface area contributed by atoms with E-state index in [9.17, 15) is 0 Å². The topological polar surface area (TPSA) is 66.5 Å². The lowest BCUT2D eigenvalue weighted by Gasteiger charge is -2.11. The van der Waals surface area contributed by atoms with E-state index in [0.717, 1.165) is 47.0 Å². The Morgan fingerprint density at radius 2 is 1.81 bits per heavy atom. The number of para-hydroxylation sites is 1. The molecule has 4 aromatic heterocycles. The summed E-state index contributed by atoms with van der Waals surface area (Å²) in [5.74, 6) is 0.833. The van der Waals surface area contributed by atoms with Crippen molar-refractivity contribution in [2.75, 3.05) is 11.9 Å². The van der Waals surface area contributed by atoms with E-state index in [2.05, 4.69) is 68.9 Å². The second kappa shape index (κ2) is 8.40. The van der Waals surface area contributed by atoms with E-state index < -0.39 is 0 Å². The van der Waals surface area contributed by atoms with Gasteiger partial charge in [-0.2, -0.15) is 0 Å². The predicted molar refractivity (Wildman–Crippen MR) is 126 cm³/mol. The highest BCUT2D eigenvalue weighted by Crippen LogP contribution is 2.27. The minimum absolute atomic E-state index is 0.784. The first-order valence-corrected chi connectivity index (χ1v) is 10.4. The highest BCUT2D eigenvalue weighted by Gasteiger charge is 2.09. The summed E-state index contributed by atoms with van der Waals surface area (Å²) >= 11 is 0. The van der Waals surface area contributed by atoms with Crippen LogP contribution in [0.2, 0.25) is 0 Å². The fourth-order valence-electron chi connectivity index (χ4n) is 3.80. The third-order valence-electron chi connectivity index (χ3n) is 5.35. The van der Waals surface area contributed by atoms with Crippen molar-refractivity contribution in [3.8, 4) is 22.5 Å². The number of rotatable bonds is 6. The minimum Gasteiger partial charge on any atom is -0.370 e. The van der Waals surface area contributed by atoms with Crippen molar-refractivity contribution in [1.29, 1.82) is 0 Å². The first-order chi connectivity index (χ1) is 15.3. The van der Waals surface area contributed by atoms with Gasteiger partial charge in [0, 0.05) is 47.3 Å². The summed E-state index contributed by atoms with van der Waals surface area (Å²) in [6.45, 7) is 2.78. The molecular weight excluding hydrogens is 382 g/mol. The number of fused-ring (bicyclic) bond motifs is 1. The number of hydrogen-bond acceptors (Lipinski definition) is 4. The molecule has 1 aromatic carbocycles. The molecule has 0 amide bonds. The number of aryl methyl sites for hydroxylation is 1. The smallest absolute Gasteiger partial charge is 0.127 e. The molecule has 31 heavy (non-hydrogen) atoms. The Balaban J connectivity index is 1.43.